The molecule has 0 spiro atoms. The zero-order valence-corrected chi connectivity index (χ0v) is 31.5. The number of benzene rings is 3. The summed E-state index contributed by atoms with van der Waals surface area (Å²) in [5.41, 5.74) is 0.144. The minimum atomic E-state index is -5.27. The van der Waals surface area contributed by atoms with Crippen molar-refractivity contribution >= 4 is 80.3 Å². The van der Waals surface area contributed by atoms with Crippen molar-refractivity contribution in [1.82, 2.24) is 5.32 Å². The first-order valence-electron chi connectivity index (χ1n) is 15.5. The van der Waals surface area contributed by atoms with Gasteiger partial charge >= 0.3 is 14.4 Å². The standard InChI is InChI=1S/C33H33Cl2F2N4O10PS/c1-33(2,3)38-13-24(42)17-5-6-18(27(11-17)51-52(44,45)46)14-41-15-22(34)29(23(35)16-41)39-31(43)20-8-10-26(50-32(36)37)30-28(20)21-12-19(40-53(4,47)48)7-9-25(21)49-30/h5-12,15-16,24,32,38,40,42H,13-14H2,1-4H3,(H2,44,45,46). The molecule has 0 radical (unpaired) electrons. The molecule has 0 saturated carbocycles. The highest BCUT2D eigenvalue weighted by atomic mass is 35.5. The molecular weight excluding hydrogens is 784 g/mol. The molecule has 2 heterocycles. The quantitative estimate of drug-likeness (QED) is 0.0719. The topological polar surface area (TPSA) is 203 Å². The second kappa shape index (κ2) is 15.4. The maximum absolute atomic E-state index is 13.8. The van der Waals surface area contributed by atoms with Crippen LogP contribution < -0.4 is 34.1 Å². The molecule has 5 N–H and O–H groups in total. The van der Waals surface area contributed by atoms with E-state index in [1.165, 1.54) is 53.4 Å². The van der Waals surface area contributed by atoms with Crippen LogP contribution in [0.3, 0.4) is 0 Å². The van der Waals surface area contributed by atoms with Crippen LogP contribution in [0.5, 0.6) is 11.5 Å². The molecule has 0 bridgehead atoms. The Labute approximate surface area is 311 Å². The molecular formula is C33H33Cl2F2N4O10PS. The Morgan fingerprint density at radius 1 is 1.08 bits per heavy atom. The number of β-amino-alcohol motifs (C(OH)–C–C–N with tert-alkyl or cyclic N) is 1. The van der Waals surface area contributed by atoms with Gasteiger partial charge in [0.1, 0.15) is 21.4 Å². The number of halogens is 4. The first kappa shape index (κ1) is 40.1. The maximum atomic E-state index is 13.8. The summed E-state index contributed by atoms with van der Waals surface area (Å²) < 4.78 is 80.9. The Morgan fingerprint density at radius 2 is 1.75 bits per heavy atom. The minimum absolute atomic E-state index is 0.0286. The van der Waals surface area contributed by atoms with E-state index in [9.17, 15) is 41.5 Å². The van der Waals surface area contributed by atoms with Crippen LogP contribution >= 0.6 is 31.0 Å². The number of carbonyl (C=O) groups excluding carboxylic acids is 1. The van der Waals surface area contributed by atoms with Gasteiger partial charge in [0, 0.05) is 28.5 Å². The summed E-state index contributed by atoms with van der Waals surface area (Å²) in [7, 11) is -8.97. The lowest BCUT2D eigenvalue weighted by atomic mass is 10.0. The minimum Gasteiger partial charge on any atom is -0.746 e. The van der Waals surface area contributed by atoms with Crippen molar-refractivity contribution in [1.29, 1.82) is 0 Å². The number of hydrogen-bond donors (Lipinski definition) is 5. The molecule has 53 heavy (non-hydrogen) atoms. The summed E-state index contributed by atoms with van der Waals surface area (Å²) in [4.78, 5) is 34.9. The first-order valence-corrected chi connectivity index (χ1v) is 19.6. The molecule has 20 heteroatoms. The third-order valence-electron chi connectivity index (χ3n) is 7.49. The van der Waals surface area contributed by atoms with E-state index >= 15 is 0 Å². The van der Waals surface area contributed by atoms with Gasteiger partial charge in [-0.25, -0.2) is 8.42 Å². The molecule has 0 aliphatic rings. The molecule has 0 fully saturated rings. The number of nitrogens with one attached hydrogen (secondary N) is 3. The lowest BCUT2D eigenvalue weighted by Gasteiger charge is -2.24. The maximum Gasteiger partial charge on any atom is 0.387 e. The Hall–Kier alpha value is -4.06. The van der Waals surface area contributed by atoms with Crippen LogP contribution in [0.1, 0.15) is 48.4 Å². The van der Waals surface area contributed by atoms with Gasteiger partial charge in [-0.05, 0) is 68.8 Å². The summed E-state index contributed by atoms with van der Waals surface area (Å²) in [5, 5.41) is 16.5. The second-order valence-corrected chi connectivity index (χ2v) is 16.6. The number of phosphoric acid groups is 1. The lowest BCUT2D eigenvalue weighted by Crippen LogP contribution is -2.38. The second-order valence-electron chi connectivity index (χ2n) is 12.9. The largest absolute Gasteiger partial charge is 0.746 e. The average molecular weight is 818 g/mol. The molecule has 0 saturated heterocycles. The SMILES string of the molecule is CC(C)(C)NCC(O)c1ccc(C[n+]2cc(Cl)c(NC(=O)c3ccc(OC(F)F)c4oc5ccc(NS(C)(=O)=O)cc5c34)c(Cl)c2)c(OP(=O)([O-])O)c1. The van der Waals surface area contributed by atoms with E-state index in [0.717, 1.165) is 12.3 Å². The Balaban J connectivity index is 1.47. The van der Waals surface area contributed by atoms with E-state index in [1.807, 2.05) is 20.8 Å². The number of phosphoric ester groups is 1. The molecule has 5 rings (SSSR count). The summed E-state index contributed by atoms with van der Waals surface area (Å²) in [6.45, 7) is 2.54. The number of furan rings is 1. The highest BCUT2D eigenvalue weighted by Crippen LogP contribution is 2.40. The highest BCUT2D eigenvalue weighted by Gasteiger charge is 2.25. The van der Waals surface area contributed by atoms with Gasteiger partial charge in [0.25, 0.3) is 5.91 Å². The van der Waals surface area contributed by atoms with E-state index in [4.69, 9.17) is 32.1 Å². The predicted molar refractivity (Wildman–Crippen MR) is 192 cm³/mol. The van der Waals surface area contributed by atoms with Gasteiger partial charge < -0.3 is 39.2 Å². The van der Waals surface area contributed by atoms with Gasteiger partial charge in [0.2, 0.25) is 10.0 Å². The molecule has 0 aliphatic carbocycles. The third kappa shape index (κ3) is 10.3. The molecule has 2 unspecified atom stereocenters. The van der Waals surface area contributed by atoms with Crippen LogP contribution in [0.2, 0.25) is 10.0 Å². The van der Waals surface area contributed by atoms with E-state index in [0.29, 0.717) is 5.56 Å². The van der Waals surface area contributed by atoms with Gasteiger partial charge in [-0.1, -0.05) is 29.3 Å². The first-order chi connectivity index (χ1) is 24.6. The van der Waals surface area contributed by atoms with Crippen molar-refractivity contribution in [2.45, 2.75) is 45.6 Å². The van der Waals surface area contributed by atoms with Crippen molar-refractivity contribution in [3.63, 3.8) is 0 Å². The Kier molecular flexibility index (Phi) is 11.6. The van der Waals surface area contributed by atoms with E-state index in [1.54, 1.807) is 6.07 Å². The van der Waals surface area contributed by atoms with Crippen molar-refractivity contribution in [2.24, 2.45) is 0 Å². The van der Waals surface area contributed by atoms with Gasteiger partial charge in [0.05, 0.1) is 29.2 Å². The van der Waals surface area contributed by atoms with E-state index in [2.05, 4.69) is 20.1 Å². The summed E-state index contributed by atoms with van der Waals surface area (Å²) in [5.74, 6) is -1.44. The number of pyridine rings is 1. The lowest BCUT2D eigenvalue weighted by molar-refractivity contribution is -0.688. The summed E-state index contributed by atoms with van der Waals surface area (Å²) >= 11 is 13.1. The van der Waals surface area contributed by atoms with Crippen LogP contribution in [0.4, 0.5) is 20.2 Å². The number of rotatable bonds is 13. The van der Waals surface area contributed by atoms with E-state index < -0.39 is 36.5 Å². The Bertz CT molecular complexity index is 2340. The molecule has 1 amide bonds. The highest BCUT2D eigenvalue weighted by molar-refractivity contribution is 7.92. The average Bonchev–Trinajstić information content (AvgIpc) is 3.40. The number of aliphatic hydroxyl groups is 1. The van der Waals surface area contributed by atoms with Gasteiger partial charge in [0.15, 0.2) is 30.3 Å². The van der Waals surface area contributed by atoms with Crippen molar-refractivity contribution in [3.8, 4) is 11.5 Å². The number of fused-ring (bicyclic) bond motifs is 3. The molecule has 2 atom stereocenters. The molecule has 0 aliphatic heterocycles. The third-order valence-corrected chi connectivity index (χ3v) is 9.10. The molecule has 284 valence electrons. The number of aliphatic hydroxyl groups excluding tert-OH is 1. The van der Waals surface area contributed by atoms with Gasteiger partial charge in [-0.2, -0.15) is 13.3 Å². The fourth-order valence-corrected chi connectivity index (χ4v) is 6.88. The summed E-state index contributed by atoms with van der Waals surface area (Å²) in [6.07, 6.45) is 2.63. The molecule has 3 aromatic carbocycles. The van der Waals surface area contributed by atoms with Crippen molar-refractivity contribution < 1.29 is 59.7 Å². The zero-order chi connectivity index (χ0) is 39.0. The normalized spacial score (nSPS) is 14.0. The van der Waals surface area contributed by atoms with Gasteiger partial charge in [-0.3, -0.25) is 14.1 Å². The van der Waals surface area contributed by atoms with E-state index in [-0.39, 0.29) is 84.6 Å². The van der Waals surface area contributed by atoms with Crippen molar-refractivity contribution in [2.75, 3.05) is 22.8 Å². The molecule has 14 nitrogen and oxygen atoms in total. The van der Waals surface area contributed by atoms with Gasteiger partial charge in [-0.15, -0.1) is 0 Å². The molecule has 2 aromatic heterocycles. The number of hydrogen-bond acceptors (Lipinski definition) is 10. The number of carbonyl (C=O) groups is 1. The van der Waals surface area contributed by atoms with Crippen LogP contribution in [0, 0.1) is 0 Å². The number of sulfonamides is 1. The number of alkyl halides is 2. The van der Waals surface area contributed by atoms with Crippen molar-refractivity contribution in [3.05, 3.63) is 87.7 Å². The zero-order valence-electron chi connectivity index (χ0n) is 28.3. The number of amides is 1. The summed E-state index contributed by atoms with van der Waals surface area (Å²) in [6, 6.07) is 10.8. The van der Waals surface area contributed by atoms with Crippen LogP contribution in [0.25, 0.3) is 21.9 Å². The number of aromatic nitrogens is 1. The van der Waals surface area contributed by atoms with Crippen LogP contribution in [-0.2, 0) is 21.1 Å². The number of nitrogens with zero attached hydrogens (tertiary/aromatic N) is 1. The Morgan fingerprint density at radius 3 is 2.36 bits per heavy atom. The van der Waals surface area contributed by atoms with Crippen LogP contribution in [-0.4, -0.2) is 49.3 Å². The van der Waals surface area contributed by atoms with Crippen LogP contribution in [0.15, 0.2) is 65.3 Å². The molecule has 5 aromatic rings. The monoisotopic (exact) mass is 816 g/mol. The fourth-order valence-electron chi connectivity index (χ4n) is 5.31. The predicted octanol–water partition coefficient (Wildman–Crippen LogP) is 5.71. The fraction of sp³-hybridized carbons (Fsp3) is 0.273. The number of anilines is 2. The number of ether oxygens (including phenoxy) is 1. The smallest absolute Gasteiger partial charge is 0.387 e.